The van der Waals surface area contributed by atoms with Crippen molar-refractivity contribution in [3.63, 3.8) is 0 Å². The molecule has 0 heterocycles. The predicted octanol–water partition coefficient (Wildman–Crippen LogP) is 3.61. The molecule has 4 heteroatoms. The third kappa shape index (κ3) is 2.67. The van der Waals surface area contributed by atoms with Gasteiger partial charge in [0, 0.05) is 5.41 Å². The molecule has 1 unspecified atom stereocenters. The van der Waals surface area contributed by atoms with Crippen molar-refractivity contribution < 1.29 is 19.1 Å². The maximum Gasteiger partial charge on any atom is 0.324 e. The summed E-state index contributed by atoms with van der Waals surface area (Å²) in [6, 6.07) is 9.87. The summed E-state index contributed by atoms with van der Waals surface area (Å²) < 4.78 is 9.84. The molecule has 1 fully saturated rings. The number of unbranched alkanes of at least 4 members (excludes halogenated alkanes) is 1. The number of ether oxygens (including phenoxy) is 2. The number of allylic oxidation sites excluding steroid dienone is 2. The van der Waals surface area contributed by atoms with Gasteiger partial charge in [0.05, 0.1) is 14.2 Å². The lowest BCUT2D eigenvalue weighted by molar-refractivity contribution is -0.162. The van der Waals surface area contributed by atoms with Crippen molar-refractivity contribution >= 4 is 17.5 Å². The number of carbonyl (C=O) groups is 2. The third-order valence-corrected chi connectivity index (χ3v) is 4.82. The fourth-order valence-corrected chi connectivity index (χ4v) is 3.41. The lowest BCUT2D eigenvalue weighted by Crippen LogP contribution is -2.34. The van der Waals surface area contributed by atoms with Crippen LogP contribution in [0.4, 0.5) is 0 Å². The van der Waals surface area contributed by atoms with Gasteiger partial charge in [-0.05, 0) is 24.0 Å². The average Bonchev–Trinajstić information content (AvgIpc) is 3.22. The largest absolute Gasteiger partial charge is 0.468 e. The van der Waals surface area contributed by atoms with E-state index >= 15 is 0 Å². The summed E-state index contributed by atoms with van der Waals surface area (Å²) in [7, 11) is 2.62. The predicted molar refractivity (Wildman–Crippen MR) is 88.5 cm³/mol. The van der Waals surface area contributed by atoms with E-state index in [-0.39, 0.29) is 0 Å². The summed E-state index contributed by atoms with van der Waals surface area (Å²) in [6.07, 6.45) is 4.42. The molecule has 0 aromatic heterocycles. The molecule has 1 saturated carbocycles. The highest BCUT2D eigenvalue weighted by atomic mass is 16.5. The highest BCUT2D eigenvalue weighted by Gasteiger charge is 2.77. The number of esters is 2. The van der Waals surface area contributed by atoms with Crippen molar-refractivity contribution in [1.29, 1.82) is 0 Å². The summed E-state index contributed by atoms with van der Waals surface area (Å²) in [4.78, 5) is 24.7. The van der Waals surface area contributed by atoms with Gasteiger partial charge in [0.15, 0.2) is 5.41 Å². The summed E-state index contributed by atoms with van der Waals surface area (Å²) in [6.45, 7) is 4.04. The zero-order valence-corrected chi connectivity index (χ0v) is 14.2. The Hall–Kier alpha value is -2.10. The summed E-state index contributed by atoms with van der Waals surface area (Å²) in [5.41, 5.74) is 0.184. The molecule has 4 nitrogen and oxygen atoms in total. The van der Waals surface area contributed by atoms with Crippen LogP contribution in [0.2, 0.25) is 0 Å². The van der Waals surface area contributed by atoms with Gasteiger partial charge in [-0.25, -0.2) is 0 Å². The standard InChI is InChI=1S/C19H24O4/c1-5-6-12-15(14-10-8-7-9-11-14)18(2)13-19(18,16(20)22-3)17(21)23-4/h7-12H,5-6,13H2,1-4H3/b15-12-. The van der Waals surface area contributed by atoms with Crippen LogP contribution >= 0.6 is 0 Å². The molecule has 0 spiro atoms. The fourth-order valence-electron chi connectivity index (χ4n) is 3.41. The van der Waals surface area contributed by atoms with Gasteiger partial charge in [0.1, 0.15) is 0 Å². The monoisotopic (exact) mass is 316 g/mol. The molecule has 1 atom stereocenters. The summed E-state index contributed by atoms with van der Waals surface area (Å²) in [5.74, 6) is -1.05. The van der Waals surface area contributed by atoms with E-state index in [1.54, 1.807) is 0 Å². The van der Waals surface area contributed by atoms with Crippen LogP contribution in [0.3, 0.4) is 0 Å². The van der Waals surface area contributed by atoms with Crippen molar-refractivity contribution in [2.45, 2.75) is 33.1 Å². The van der Waals surface area contributed by atoms with E-state index in [0.717, 1.165) is 24.0 Å². The Kier molecular flexibility index (Phi) is 4.93. The molecule has 1 aromatic rings. The van der Waals surface area contributed by atoms with Crippen LogP contribution < -0.4 is 0 Å². The summed E-state index contributed by atoms with van der Waals surface area (Å²) in [5, 5.41) is 0. The number of benzene rings is 1. The second kappa shape index (κ2) is 6.57. The van der Waals surface area contributed by atoms with E-state index in [2.05, 4.69) is 13.0 Å². The first-order valence-electron chi connectivity index (χ1n) is 7.90. The van der Waals surface area contributed by atoms with E-state index in [4.69, 9.17) is 9.47 Å². The Morgan fingerprint density at radius 1 is 1.13 bits per heavy atom. The van der Waals surface area contributed by atoms with Crippen molar-refractivity contribution in [1.82, 2.24) is 0 Å². The number of carbonyl (C=O) groups excluding carboxylic acids is 2. The van der Waals surface area contributed by atoms with Crippen LogP contribution in [0.25, 0.3) is 5.57 Å². The number of hydrogen-bond acceptors (Lipinski definition) is 4. The molecule has 0 amide bonds. The minimum Gasteiger partial charge on any atom is -0.468 e. The SMILES string of the molecule is CCC/C=C(/c1ccccc1)C1(C)CC1(C(=O)OC)C(=O)OC. The third-order valence-electron chi connectivity index (χ3n) is 4.82. The molecule has 0 saturated heterocycles. The minimum atomic E-state index is -1.24. The fraction of sp³-hybridized carbons (Fsp3) is 0.474. The zero-order valence-electron chi connectivity index (χ0n) is 14.2. The average molecular weight is 316 g/mol. The molecule has 0 aliphatic heterocycles. The molecule has 0 N–H and O–H groups in total. The molecule has 0 bridgehead atoms. The Bertz CT molecular complexity index is 602. The molecular weight excluding hydrogens is 292 g/mol. The normalized spacial score (nSPS) is 22.3. The first-order chi connectivity index (χ1) is 11.0. The molecule has 1 aliphatic carbocycles. The van der Waals surface area contributed by atoms with E-state index in [9.17, 15) is 9.59 Å². The molecule has 2 rings (SSSR count). The van der Waals surface area contributed by atoms with Gasteiger partial charge in [-0.15, -0.1) is 0 Å². The first kappa shape index (κ1) is 17.3. The van der Waals surface area contributed by atoms with Crippen molar-refractivity contribution in [3.05, 3.63) is 42.0 Å². The van der Waals surface area contributed by atoms with Crippen LogP contribution in [0.15, 0.2) is 36.4 Å². The highest BCUT2D eigenvalue weighted by molar-refractivity contribution is 6.08. The van der Waals surface area contributed by atoms with Gasteiger partial charge in [-0.3, -0.25) is 9.59 Å². The lowest BCUT2D eigenvalue weighted by atomic mass is 9.82. The number of methoxy groups -OCH3 is 2. The van der Waals surface area contributed by atoms with Gasteiger partial charge in [0.2, 0.25) is 0 Å². The molecular formula is C19H24O4. The molecule has 0 radical (unpaired) electrons. The first-order valence-corrected chi connectivity index (χ1v) is 7.90. The van der Waals surface area contributed by atoms with Crippen LogP contribution in [0, 0.1) is 10.8 Å². The van der Waals surface area contributed by atoms with Crippen LogP contribution in [0.1, 0.15) is 38.7 Å². The van der Waals surface area contributed by atoms with Crippen molar-refractivity contribution in [3.8, 4) is 0 Å². The van der Waals surface area contributed by atoms with Crippen molar-refractivity contribution in [2.24, 2.45) is 10.8 Å². The van der Waals surface area contributed by atoms with E-state index in [0.29, 0.717) is 6.42 Å². The van der Waals surface area contributed by atoms with E-state index in [1.165, 1.54) is 14.2 Å². The minimum absolute atomic E-state index is 0.407. The highest BCUT2D eigenvalue weighted by Crippen LogP contribution is 2.70. The van der Waals surface area contributed by atoms with Gasteiger partial charge in [-0.1, -0.05) is 56.7 Å². The van der Waals surface area contributed by atoms with Gasteiger partial charge in [0.25, 0.3) is 0 Å². The molecule has 1 aliphatic rings. The van der Waals surface area contributed by atoms with Gasteiger partial charge in [-0.2, -0.15) is 0 Å². The number of hydrogen-bond donors (Lipinski definition) is 0. The summed E-state index contributed by atoms with van der Waals surface area (Å²) >= 11 is 0. The zero-order chi connectivity index (χ0) is 17.1. The maximum atomic E-state index is 12.4. The molecule has 23 heavy (non-hydrogen) atoms. The quantitative estimate of drug-likeness (QED) is 0.594. The Morgan fingerprint density at radius 3 is 2.17 bits per heavy atom. The lowest BCUT2D eigenvalue weighted by Gasteiger charge is -2.22. The van der Waals surface area contributed by atoms with Crippen LogP contribution in [0.5, 0.6) is 0 Å². The Balaban J connectivity index is 2.51. The maximum absolute atomic E-state index is 12.4. The second-order valence-electron chi connectivity index (χ2n) is 6.17. The topological polar surface area (TPSA) is 52.6 Å². The van der Waals surface area contributed by atoms with Gasteiger partial charge >= 0.3 is 11.9 Å². The Morgan fingerprint density at radius 2 is 1.70 bits per heavy atom. The van der Waals surface area contributed by atoms with Crippen LogP contribution in [-0.2, 0) is 19.1 Å². The van der Waals surface area contributed by atoms with E-state index in [1.807, 2.05) is 37.3 Å². The molecule has 1 aromatic carbocycles. The Labute approximate surface area is 137 Å². The van der Waals surface area contributed by atoms with E-state index < -0.39 is 22.8 Å². The second-order valence-corrected chi connectivity index (χ2v) is 6.17. The van der Waals surface area contributed by atoms with Gasteiger partial charge < -0.3 is 9.47 Å². The smallest absolute Gasteiger partial charge is 0.324 e. The van der Waals surface area contributed by atoms with Crippen LogP contribution in [-0.4, -0.2) is 26.2 Å². The number of rotatable bonds is 6. The molecule has 124 valence electrons. The van der Waals surface area contributed by atoms with Crippen molar-refractivity contribution in [2.75, 3.05) is 14.2 Å².